The zero-order chi connectivity index (χ0) is 11.4. The number of nitrogens with zero attached hydrogens (tertiary/aromatic N) is 3. The second kappa shape index (κ2) is 5.08. The Hall–Kier alpha value is -1.41. The molecule has 0 aliphatic rings. The van der Waals surface area contributed by atoms with Crippen LogP contribution in [0, 0.1) is 0 Å². The largest absolute Gasteiger partial charge is 0.363 e. The van der Waals surface area contributed by atoms with Crippen LogP contribution in [0.3, 0.4) is 0 Å². The number of thioether (sulfide) groups is 1. The molecule has 0 bridgehead atoms. The van der Waals surface area contributed by atoms with E-state index >= 15 is 0 Å². The Morgan fingerprint density at radius 1 is 1.56 bits per heavy atom. The second-order valence-electron chi connectivity index (χ2n) is 2.78. The Bertz CT molecular complexity index is 523. The summed E-state index contributed by atoms with van der Waals surface area (Å²) in [5.41, 5.74) is -0.148. The van der Waals surface area contributed by atoms with Crippen molar-refractivity contribution in [3.63, 3.8) is 0 Å². The van der Waals surface area contributed by atoms with Gasteiger partial charge in [0.05, 0.1) is 5.75 Å². The van der Waals surface area contributed by atoms with Crippen LogP contribution in [-0.4, -0.2) is 27.2 Å². The Morgan fingerprint density at radius 2 is 2.44 bits per heavy atom. The van der Waals surface area contributed by atoms with Crippen molar-refractivity contribution in [3.05, 3.63) is 27.6 Å². The molecule has 2 N–H and O–H groups in total. The predicted molar refractivity (Wildman–Crippen MR) is 63.9 cm³/mol. The highest BCUT2D eigenvalue weighted by Crippen LogP contribution is 2.22. The number of nitrogens with one attached hydrogen (secondary N) is 2. The summed E-state index contributed by atoms with van der Waals surface area (Å²) in [6, 6.07) is 1.38. The number of H-pyrrole nitrogens is 1. The number of anilines is 1. The molecule has 16 heavy (non-hydrogen) atoms. The lowest BCUT2D eigenvalue weighted by atomic mass is 10.7. The Balaban J connectivity index is 1.99. The van der Waals surface area contributed by atoms with Crippen molar-refractivity contribution < 1.29 is 0 Å². The molecule has 0 saturated carbocycles. The summed E-state index contributed by atoms with van der Waals surface area (Å²) in [7, 11) is 1.80. The molecule has 0 aromatic carbocycles. The van der Waals surface area contributed by atoms with Gasteiger partial charge in [0, 0.05) is 19.3 Å². The van der Waals surface area contributed by atoms with Gasteiger partial charge in [-0.25, -0.2) is 4.98 Å². The van der Waals surface area contributed by atoms with E-state index < -0.39 is 0 Å². The minimum atomic E-state index is -0.148. The smallest absolute Gasteiger partial charge is 0.251 e. The highest BCUT2D eigenvalue weighted by atomic mass is 32.2. The molecule has 0 fully saturated rings. The maximum Gasteiger partial charge on any atom is 0.251 e. The van der Waals surface area contributed by atoms with Gasteiger partial charge in [0.2, 0.25) is 5.13 Å². The van der Waals surface area contributed by atoms with Crippen LogP contribution >= 0.6 is 23.1 Å². The van der Waals surface area contributed by atoms with Gasteiger partial charge in [0.15, 0.2) is 5.16 Å². The zero-order valence-electron chi connectivity index (χ0n) is 8.43. The number of aromatic nitrogens is 4. The van der Waals surface area contributed by atoms with E-state index in [1.807, 2.05) is 0 Å². The summed E-state index contributed by atoms with van der Waals surface area (Å²) in [4.78, 5) is 17.7. The zero-order valence-corrected chi connectivity index (χ0v) is 10.1. The molecule has 8 heteroatoms. The van der Waals surface area contributed by atoms with E-state index in [-0.39, 0.29) is 5.56 Å². The first-order chi connectivity index (χ1) is 7.78. The number of hydrogen-bond donors (Lipinski definition) is 2. The maximum atomic E-state index is 11.0. The standard InChI is InChI=1S/C8H9N5OS2/c1-9-7-13-12-6(16-7)4-15-8-10-3-2-5(14)11-8/h2-3H,4H2,1H3,(H,9,13)(H,10,11,14). The molecule has 0 saturated heterocycles. The van der Waals surface area contributed by atoms with E-state index in [0.717, 1.165) is 10.1 Å². The highest BCUT2D eigenvalue weighted by Gasteiger charge is 2.04. The minimum Gasteiger partial charge on any atom is -0.363 e. The third-order valence-corrected chi connectivity index (χ3v) is 3.68. The second-order valence-corrected chi connectivity index (χ2v) is 4.80. The molecule has 0 aliphatic heterocycles. The molecule has 6 nitrogen and oxygen atoms in total. The van der Waals surface area contributed by atoms with Gasteiger partial charge >= 0.3 is 0 Å². The SMILES string of the molecule is CNc1nnc(CSc2nccc(=O)[nH]2)s1. The van der Waals surface area contributed by atoms with Crippen LogP contribution in [0.25, 0.3) is 0 Å². The average molecular weight is 255 g/mol. The predicted octanol–water partition coefficient (Wildman–Crippen LogP) is 0.955. The van der Waals surface area contributed by atoms with E-state index in [9.17, 15) is 4.79 Å². The molecule has 2 aromatic heterocycles. The van der Waals surface area contributed by atoms with E-state index in [1.165, 1.54) is 35.4 Å². The maximum absolute atomic E-state index is 11.0. The Morgan fingerprint density at radius 3 is 3.12 bits per heavy atom. The summed E-state index contributed by atoms with van der Waals surface area (Å²) < 4.78 is 0. The first-order valence-electron chi connectivity index (χ1n) is 4.46. The first kappa shape index (κ1) is 11.1. The van der Waals surface area contributed by atoms with Gasteiger partial charge < -0.3 is 10.3 Å². The van der Waals surface area contributed by atoms with Gasteiger partial charge in [-0.1, -0.05) is 23.1 Å². The fourth-order valence-electron chi connectivity index (χ4n) is 0.968. The third-order valence-electron chi connectivity index (χ3n) is 1.66. The van der Waals surface area contributed by atoms with Crippen molar-refractivity contribution in [2.75, 3.05) is 12.4 Å². The quantitative estimate of drug-likeness (QED) is 0.625. The molecule has 0 atom stereocenters. The summed E-state index contributed by atoms with van der Waals surface area (Å²) in [6.07, 6.45) is 1.49. The van der Waals surface area contributed by atoms with Gasteiger partial charge in [-0.3, -0.25) is 4.79 Å². The van der Waals surface area contributed by atoms with E-state index in [2.05, 4.69) is 25.5 Å². The molecule has 0 radical (unpaired) electrons. The molecular weight excluding hydrogens is 246 g/mol. The molecule has 0 unspecified atom stereocenters. The van der Waals surface area contributed by atoms with E-state index in [0.29, 0.717) is 10.9 Å². The monoisotopic (exact) mass is 255 g/mol. The lowest BCUT2D eigenvalue weighted by molar-refractivity contribution is 0.934. The Kier molecular flexibility index (Phi) is 3.52. The van der Waals surface area contributed by atoms with Gasteiger partial charge in [0.1, 0.15) is 5.01 Å². The van der Waals surface area contributed by atoms with Crippen LogP contribution < -0.4 is 10.9 Å². The van der Waals surface area contributed by atoms with Crippen LogP contribution in [0.15, 0.2) is 22.2 Å². The van der Waals surface area contributed by atoms with Crippen LogP contribution in [0.2, 0.25) is 0 Å². The van der Waals surface area contributed by atoms with Crippen molar-refractivity contribution in [1.82, 2.24) is 20.2 Å². The van der Waals surface area contributed by atoms with Crippen molar-refractivity contribution in [2.45, 2.75) is 10.9 Å². The minimum absolute atomic E-state index is 0.148. The molecule has 0 amide bonds. The highest BCUT2D eigenvalue weighted by molar-refractivity contribution is 7.98. The van der Waals surface area contributed by atoms with Gasteiger partial charge in [0.25, 0.3) is 5.56 Å². The van der Waals surface area contributed by atoms with Crippen LogP contribution in [0.5, 0.6) is 0 Å². The first-order valence-corrected chi connectivity index (χ1v) is 6.26. The van der Waals surface area contributed by atoms with Gasteiger partial charge in [-0.05, 0) is 0 Å². The molecule has 0 spiro atoms. The summed E-state index contributed by atoms with van der Waals surface area (Å²) >= 11 is 2.91. The fraction of sp³-hybridized carbons (Fsp3) is 0.250. The topological polar surface area (TPSA) is 83.6 Å². The summed E-state index contributed by atoms with van der Waals surface area (Å²) in [5, 5.41) is 13.1. The van der Waals surface area contributed by atoms with Gasteiger partial charge in [-0.15, -0.1) is 10.2 Å². The van der Waals surface area contributed by atoms with Crippen molar-refractivity contribution in [2.24, 2.45) is 0 Å². The van der Waals surface area contributed by atoms with Crippen LogP contribution in [-0.2, 0) is 5.75 Å². The van der Waals surface area contributed by atoms with Crippen LogP contribution in [0.4, 0.5) is 5.13 Å². The summed E-state index contributed by atoms with van der Waals surface area (Å²) in [6.45, 7) is 0. The molecule has 0 aliphatic carbocycles. The van der Waals surface area contributed by atoms with E-state index in [4.69, 9.17) is 0 Å². The number of hydrogen-bond acceptors (Lipinski definition) is 7. The average Bonchev–Trinajstić information content (AvgIpc) is 2.74. The third kappa shape index (κ3) is 2.80. The van der Waals surface area contributed by atoms with Crippen molar-refractivity contribution in [1.29, 1.82) is 0 Å². The van der Waals surface area contributed by atoms with Gasteiger partial charge in [-0.2, -0.15) is 0 Å². The summed E-state index contributed by atoms with van der Waals surface area (Å²) in [5.74, 6) is 0.645. The normalized spacial score (nSPS) is 10.3. The molecule has 2 rings (SSSR count). The number of rotatable bonds is 4. The molecular formula is C8H9N5OS2. The van der Waals surface area contributed by atoms with E-state index in [1.54, 1.807) is 7.05 Å². The van der Waals surface area contributed by atoms with Crippen molar-refractivity contribution >= 4 is 28.2 Å². The molecule has 2 aromatic rings. The lowest BCUT2D eigenvalue weighted by Gasteiger charge is -1.95. The fourth-order valence-corrected chi connectivity index (χ4v) is 2.50. The number of aromatic amines is 1. The molecule has 2 heterocycles. The van der Waals surface area contributed by atoms with Crippen LogP contribution in [0.1, 0.15) is 5.01 Å². The molecule has 84 valence electrons. The Labute approximate surface area is 99.5 Å². The van der Waals surface area contributed by atoms with Crippen molar-refractivity contribution in [3.8, 4) is 0 Å². The lowest BCUT2D eigenvalue weighted by Crippen LogP contribution is -2.05.